The fourth-order valence-corrected chi connectivity index (χ4v) is 1.02. The molecule has 1 aromatic heterocycles. The summed E-state index contributed by atoms with van der Waals surface area (Å²) in [4.78, 5) is 19.1. The van der Waals surface area contributed by atoms with Crippen LogP contribution >= 0.6 is 8.53 Å². The van der Waals surface area contributed by atoms with E-state index in [1.165, 1.54) is 5.39 Å². The Morgan fingerprint density at radius 2 is 1.64 bits per heavy atom. The summed E-state index contributed by atoms with van der Waals surface area (Å²) in [5, 5.41) is 1.20. The van der Waals surface area contributed by atoms with Gasteiger partial charge in [0.15, 0.2) is 0 Å². The average Bonchev–Trinajstić information content (AvgIpc) is 2.17. The summed E-state index contributed by atoms with van der Waals surface area (Å²) in [6.07, 6.45) is 1.81. The molecule has 0 amide bonds. The van der Waals surface area contributed by atoms with Crippen LogP contribution in [0, 0.1) is 0 Å². The van der Waals surface area contributed by atoms with Gasteiger partial charge in [-0.15, -0.1) is 0 Å². The molecule has 1 heterocycles. The van der Waals surface area contributed by atoms with Crippen LogP contribution in [0.3, 0.4) is 0 Å². The standard InChI is InChI=1S/C9H7N.H4NO2P/c1-2-6-9-8(4-1)5-3-7-10-9;1-4(2)3/h1-7H;2-3H,1H2. The molecule has 0 aliphatic carbocycles. The van der Waals surface area contributed by atoms with Crippen LogP contribution in [0.25, 0.3) is 10.9 Å². The molecule has 0 saturated heterocycles. The van der Waals surface area contributed by atoms with Crippen LogP contribution in [0.4, 0.5) is 0 Å². The second-order valence-corrected chi connectivity index (χ2v) is 3.16. The third-order valence-electron chi connectivity index (χ3n) is 1.51. The number of hydrogen-bond donors (Lipinski definition) is 3. The van der Waals surface area contributed by atoms with Gasteiger partial charge in [-0.05, 0) is 12.1 Å². The maximum absolute atomic E-state index is 7.45. The van der Waals surface area contributed by atoms with Crippen LogP contribution in [0.1, 0.15) is 0 Å². The third-order valence-corrected chi connectivity index (χ3v) is 1.51. The summed E-state index contributed by atoms with van der Waals surface area (Å²) in [6, 6.07) is 12.1. The van der Waals surface area contributed by atoms with E-state index in [-0.39, 0.29) is 0 Å². The minimum absolute atomic E-state index is 1.06. The Bertz CT molecular complexity index is 327. The van der Waals surface area contributed by atoms with Gasteiger partial charge in [-0.3, -0.25) is 10.5 Å². The van der Waals surface area contributed by atoms with Gasteiger partial charge in [0, 0.05) is 11.6 Å². The molecular weight excluding hydrogens is 199 g/mol. The first-order valence-electron chi connectivity index (χ1n) is 3.92. The Hall–Kier alpha value is -1.06. The van der Waals surface area contributed by atoms with E-state index in [0.29, 0.717) is 0 Å². The van der Waals surface area contributed by atoms with Crippen LogP contribution in [0.15, 0.2) is 42.6 Å². The fraction of sp³-hybridized carbons (Fsp3) is 0. The summed E-state index contributed by atoms with van der Waals surface area (Å²) >= 11 is 0. The van der Waals surface area contributed by atoms with Crippen molar-refractivity contribution in [2.45, 2.75) is 0 Å². The highest BCUT2D eigenvalue weighted by Gasteiger charge is 1.86. The highest BCUT2D eigenvalue weighted by Crippen LogP contribution is 2.07. The minimum Gasteiger partial charge on any atom is -0.338 e. The molecule has 5 heteroatoms. The van der Waals surface area contributed by atoms with Crippen molar-refractivity contribution in [1.29, 1.82) is 0 Å². The molecule has 2 rings (SSSR count). The Morgan fingerprint density at radius 3 is 2.29 bits per heavy atom. The molecule has 0 radical (unpaired) electrons. The third kappa shape index (κ3) is 3.77. The Balaban J connectivity index is 0.000000213. The van der Waals surface area contributed by atoms with Crippen molar-refractivity contribution in [2.75, 3.05) is 0 Å². The van der Waals surface area contributed by atoms with E-state index in [2.05, 4.69) is 22.6 Å². The molecule has 1 aromatic carbocycles. The second-order valence-electron chi connectivity index (χ2n) is 2.52. The van der Waals surface area contributed by atoms with Gasteiger partial charge in [0.25, 0.3) is 0 Å². The zero-order valence-electron chi connectivity index (χ0n) is 7.41. The van der Waals surface area contributed by atoms with E-state index in [9.17, 15) is 0 Å². The first-order chi connectivity index (χ1) is 6.70. The van der Waals surface area contributed by atoms with E-state index in [0.717, 1.165) is 5.52 Å². The van der Waals surface area contributed by atoms with Crippen molar-refractivity contribution >= 4 is 19.4 Å². The lowest BCUT2D eigenvalue weighted by molar-refractivity contribution is 0.485. The number of pyridine rings is 1. The van der Waals surface area contributed by atoms with Crippen molar-refractivity contribution in [2.24, 2.45) is 5.50 Å². The van der Waals surface area contributed by atoms with Crippen molar-refractivity contribution in [3.8, 4) is 0 Å². The first-order valence-corrected chi connectivity index (χ1v) is 5.24. The number of hydrogen-bond acceptors (Lipinski definition) is 4. The van der Waals surface area contributed by atoms with Gasteiger partial charge in [0.1, 0.15) is 0 Å². The van der Waals surface area contributed by atoms with Crippen LogP contribution in [-0.4, -0.2) is 14.8 Å². The second kappa shape index (κ2) is 5.62. The molecule has 14 heavy (non-hydrogen) atoms. The summed E-state index contributed by atoms with van der Waals surface area (Å²) in [6.45, 7) is 0. The van der Waals surface area contributed by atoms with E-state index < -0.39 is 8.53 Å². The minimum atomic E-state index is -2.12. The summed E-state index contributed by atoms with van der Waals surface area (Å²) in [5.41, 5.74) is 5.35. The van der Waals surface area contributed by atoms with Gasteiger partial charge < -0.3 is 9.79 Å². The van der Waals surface area contributed by atoms with Crippen molar-refractivity contribution in [3.05, 3.63) is 42.6 Å². The molecule has 2 aromatic rings. The molecule has 0 spiro atoms. The lowest BCUT2D eigenvalue weighted by Gasteiger charge is -1.91. The summed E-state index contributed by atoms with van der Waals surface area (Å²) < 4.78 is 0. The van der Waals surface area contributed by atoms with Gasteiger partial charge in [-0.1, -0.05) is 24.3 Å². The summed E-state index contributed by atoms with van der Waals surface area (Å²) in [7, 11) is -2.12. The van der Waals surface area contributed by atoms with Crippen LogP contribution < -0.4 is 5.50 Å². The SMILES string of the molecule is NP(O)O.c1ccc2ncccc2c1. The molecule has 0 bridgehead atoms. The van der Waals surface area contributed by atoms with Crippen LogP contribution in [0.2, 0.25) is 0 Å². The number of rotatable bonds is 0. The molecule has 0 fully saturated rings. The average molecular weight is 210 g/mol. The van der Waals surface area contributed by atoms with E-state index in [1.54, 1.807) is 0 Å². The summed E-state index contributed by atoms with van der Waals surface area (Å²) in [5.74, 6) is 0. The largest absolute Gasteiger partial charge is 0.338 e. The molecule has 74 valence electrons. The number of nitrogens with two attached hydrogens (primary N) is 1. The number of para-hydroxylation sites is 1. The lowest BCUT2D eigenvalue weighted by Crippen LogP contribution is -1.78. The van der Waals surface area contributed by atoms with Gasteiger partial charge in [0.2, 0.25) is 8.53 Å². The highest BCUT2D eigenvalue weighted by molar-refractivity contribution is 7.42. The number of fused-ring (bicyclic) bond motifs is 1. The molecule has 0 aliphatic heterocycles. The highest BCUT2D eigenvalue weighted by atomic mass is 31.2. The van der Waals surface area contributed by atoms with E-state index in [1.807, 2.05) is 30.5 Å². The first kappa shape index (κ1) is 11.0. The number of nitrogens with zero attached hydrogens (tertiary/aromatic N) is 1. The maximum atomic E-state index is 7.45. The van der Waals surface area contributed by atoms with Crippen LogP contribution in [-0.2, 0) is 0 Å². The molecule has 0 atom stereocenters. The predicted molar refractivity (Wildman–Crippen MR) is 57.3 cm³/mol. The normalized spacial score (nSPS) is 9.71. The van der Waals surface area contributed by atoms with Crippen molar-refractivity contribution in [3.63, 3.8) is 0 Å². The van der Waals surface area contributed by atoms with Crippen molar-refractivity contribution in [1.82, 2.24) is 4.98 Å². The predicted octanol–water partition coefficient (Wildman–Crippen LogP) is 1.39. The fourth-order valence-electron chi connectivity index (χ4n) is 1.02. The Kier molecular flexibility index (Phi) is 4.43. The molecule has 0 saturated carbocycles. The molecular formula is C9H11N2O2P. The monoisotopic (exact) mass is 210 g/mol. The zero-order valence-corrected chi connectivity index (χ0v) is 8.30. The van der Waals surface area contributed by atoms with Gasteiger partial charge in [-0.25, -0.2) is 0 Å². The molecule has 0 aliphatic rings. The van der Waals surface area contributed by atoms with Gasteiger partial charge in [-0.2, -0.15) is 0 Å². The molecule has 4 nitrogen and oxygen atoms in total. The molecule has 4 N–H and O–H groups in total. The number of benzene rings is 1. The van der Waals surface area contributed by atoms with E-state index >= 15 is 0 Å². The smallest absolute Gasteiger partial charge is 0.247 e. The zero-order chi connectivity index (χ0) is 10.4. The quantitative estimate of drug-likeness (QED) is 0.574. The van der Waals surface area contributed by atoms with Gasteiger partial charge >= 0.3 is 0 Å². The van der Waals surface area contributed by atoms with Crippen molar-refractivity contribution < 1.29 is 9.79 Å². The Labute approximate surface area is 83.0 Å². The lowest BCUT2D eigenvalue weighted by atomic mass is 10.2. The topological polar surface area (TPSA) is 79.4 Å². The maximum Gasteiger partial charge on any atom is 0.247 e. The molecule has 0 unspecified atom stereocenters. The van der Waals surface area contributed by atoms with Gasteiger partial charge in [0.05, 0.1) is 5.52 Å². The van der Waals surface area contributed by atoms with E-state index in [4.69, 9.17) is 9.79 Å². The van der Waals surface area contributed by atoms with Crippen LogP contribution in [0.5, 0.6) is 0 Å². The number of aromatic nitrogens is 1. The Morgan fingerprint density at radius 1 is 1.07 bits per heavy atom.